The molecular weight excluding hydrogens is 430 g/mol. The Balaban J connectivity index is 3.47. The zero-order chi connectivity index (χ0) is 24.4. The third-order valence-corrected chi connectivity index (χ3v) is 4.31. The average molecular weight is 459 g/mol. The van der Waals surface area contributed by atoms with Crippen LogP contribution >= 0.6 is 0 Å². The minimum Gasteiger partial charge on any atom is -0.462 e. The van der Waals surface area contributed by atoms with E-state index in [9.17, 15) is 28.8 Å². The molecule has 1 aliphatic rings. The summed E-state index contributed by atoms with van der Waals surface area (Å²) in [5.41, 5.74) is 0. The first-order valence-corrected chi connectivity index (χ1v) is 10.0. The first-order chi connectivity index (χ1) is 14.9. The minimum absolute atomic E-state index is 0.391. The van der Waals surface area contributed by atoms with E-state index in [1.165, 1.54) is 4.90 Å². The molecule has 0 N–H and O–H groups in total. The van der Waals surface area contributed by atoms with Crippen molar-refractivity contribution in [1.82, 2.24) is 4.90 Å². The molecule has 1 amide bonds. The molecule has 0 aliphatic carbocycles. The summed E-state index contributed by atoms with van der Waals surface area (Å²) in [6, 6.07) is 0. The number of carbonyl (C=O) groups is 6. The Hall–Kier alpha value is -3.18. The van der Waals surface area contributed by atoms with E-state index < -0.39 is 66.8 Å². The highest BCUT2D eigenvalue weighted by molar-refractivity contribution is 5.85. The van der Waals surface area contributed by atoms with E-state index in [2.05, 4.69) is 0 Å². The second-order valence-corrected chi connectivity index (χ2v) is 7.16. The molecule has 12 nitrogen and oxygen atoms in total. The first-order valence-electron chi connectivity index (χ1n) is 10.0. The summed E-state index contributed by atoms with van der Waals surface area (Å²) in [7, 11) is 0. The maximum Gasteiger partial charge on any atom is 0.303 e. The number of amides is 1. The van der Waals surface area contributed by atoms with Gasteiger partial charge in [0.1, 0.15) is 6.61 Å². The van der Waals surface area contributed by atoms with Crippen LogP contribution in [0.25, 0.3) is 0 Å². The highest BCUT2D eigenvalue weighted by atomic mass is 16.6. The van der Waals surface area contributed by atoms with E-state index in [0.29, 0.717) is 13.1 Å². The molecule has 0 aromatic heterocycles. The van der Waals surface area contributed by atoms with Crippen molar-refractivity contribution in [2.75, 3.05) is 19.7 Å². The molecule has 180 valence electrons. The minimum atomic E-state index is -1.70. The molecule has 4 atom stereocenters. The molecule has 1 fully saturated rings. The summed E-state index contributed by atoms with van der Waals surface area (Å²) in [4.78, 5) is 73.0. The van der Waals surface area contributed by atoms with Gasteiger partial charge in [-0.1, -0.05) is 0 Å². The number of esters is 5. The smallest absolute Gasteiger partial charge is 0.303 e. The maximum atomic E-state index is 13.1. The van der Waals surface area contributed by atoms with Gasteiger partial charge in [-0.2, -0.15) is 0 Å². The fourth-order valence-electron chi connectivity index (χ4n) is 3.20. The number of carbonyl (C=O) groups excluding carboxylic acids is 6. The molecule has 0 aromatic carbocycles. The molecule has 4 unspecified atom stereocenters. The van der Waals surface area contributed by atoms with Crippen molar-refractivity contribution in [2.45, 2.75) is 71.9 Å². The monoisotopic (exact) mass is 459 g/mol. The Morgan fingerprint density at radius 2 is 1.12 bits per heavy atom. The van der Waals surface area contributed by atoms with Crippen LogP contribution in [0.15, 0.2) is 0 Å². The summed E-state index contributed by atoms with van der Waals surface area (Å²) < 4.78 is 25.7. The van der Waals surface area contributed by atoms with Crippen LogP contribution in [0.5, 0.6) is 0 Å². The van der Waals surface area contributed by atoms with Crippen molar-refractivity contribution in [3.63, 3.8) is 0 Å². The third kappa shape index (κ3) is 8.90. The fourth-order valence-corrected chi connectivity index (χ4v) is 3.20. The number of hydrogen-bond acceptors (Lipinski definition) is 11. The van der Waals surface area contributed by atoms with Crippen molar-refractivity contribution in [2.24, 2.45) is 0 Å². The van der Waals surface area contributed by atoms with Gasteiger partial charge in [0.2, 0.25) is 6.10 Å². The van der Waals surface area contributed by atoms with Gasteiger partial charge < -0.3 is 28.6 Å². The van der Waals surface area contributed by atoms with Crippen LogP contribution in [0.4, 0.5) is 0 Å². The van der Waals surface area contributed by atoms with Crippen molar-refractivity contribution < 1.29 is 52.5 Å². The summed E-state index contributed by atoms with van der Waals surface area (Å²) >= 11 is 0. The van der Waals surface area contributed by atoms with Gasteiger partial charge in [0, 0.05) is 47.7 Å². The standard InChI is InChI=1S/C20H29NO11/c1-11(22)28-10-16(29-12(2)23)17(30-13(3)24)18(31-14(4)25)19(32-15(5)26)20(27)21-8-6-7-9-21/h16-19H,6-10H2,1-5H3. The van der Waals surface area contributed by atoms with Gasteiger partial charge in [0.15, 0.2) is 18.3 Å². The Morgan fingerprint density at radius 1 is 0.656 bits per heavy atom. The van der Waals surface area contributed by atoms with Crippen molar-refractivity contribution in [1.29, 1.82) is 0 Å². The van der Waals surface area contributed by atoms with Crippen molar-refractivity contribution >= 4 is 35.8 Å². The van der Waals surface area contributed by atoms with E-state index in [1.807, 2.05) is 0 Å². The van der Waals surface area contributed by atoms with Gasteiger partial charge in [-0.05, 0) is 12.8 Å². The molecule has 0 aromatic rings. The molecule has 0 spiro atoms. The molecule has 1 heterocycles. The van der Waals surface area contributed by atoms with E-state index in [-0.39, 0.29) is 0 Å². The molecule has 0 saturated carbocycles. The van der Waals surface area contributed by atoms with Gasteiger partial charge >= 0.3 is 29.8 Å². The van der Waals surface area contributed by atoms with Crippen LogP contribution in [0, 0.1) is 0 Å². The number of likely N-dealkylation sites (tertiary alicyclic amines) is 1. The first kappa shape index (κ1) is 26.9. The lowest BCUT2D eigenvalue weighted by Crippen LogP contribution is -2.57. The van der Waals surface area contributed by atoms with E-state index >= 15 is 0 Å². The van der Waals surface area contributed by atoms with E-state index in [1.54, 1.807) is 0 Å². The zero-order valence-electron chi connectivity index (χ0n) is 18.8. The summed E-state index contributed by atoms with van der Waals surface area (Å²) in [6.07, 6.45) is -5.02. The van der Waals surface area contributed by atoms with Crippen molar-refractivity contribution in [3.8, 4) is 0 Å². The molecule has 0 bridgehead atoms. The lowest BCUT2D eigenvalue weighted by atomic mass is 10.0. The Kier molecular flexibility index (Phi) is 10.6. The number of ether oxygens (including phenoxy) is 5. The van der Waals surface area contributed by atoms with E-state index in [4.69, 9.17) is 23.7 Å². The molecule has 1 aliphatic heterocycles. The molecule has 1 saturated heterocycles. The van der Waals surface area contributed by atoms with Crippen LogP contribution < -0.4 is 0 Å². The van der Waals surface area contributed by atoms with Crippen LogP contribution in [0.1, 0.15) is 47.5 Å². The lowest BCUT2D eigenvalue weighted by Gasteiger charge is -2.35. The molecule has 12 heteroatoms. The Morgan fingerprint density at radius 3 is 1.56 bits per heavy atom. The van der Waals surface area contributed by atoms with Gasteiger partial charge in [0.25, 0.3) is 5.91 Å². The van der Waals surface area contributed by atoms with Gasteiger partial charge in [-0.15, -0.1) is 0 Å². The summed E-state index contributed by atoms with van der Waals surface area (Å²) in [5, 5.41) is 0. The van der Waals surface area contributed by atoms with Crippen LogP contribution in [-0.4, -0.2) is 84.8 Å². The summed E-state index contributed by atoms with van der Waals surface area (Å²) in [5.74, 6) is -4.83. The highest BCUT2D eigenvalue weighted by Gasteiger charge is 2.48. The second-order valence-electron chi connectivity index (χ2n) is 7.16. The zero-order valence-corrected chi connectivity index (χ0v) is 18.8. The lowest BCUT2D eigenvalue weighted by molar-refractivity contribution is -0.205. The maximum absolute atomic E-state index is 13.1. The normalized spacial score (nSPS) is 16.7. The topological polar surface area (TPSA) is 152 Å². The predicted octanol–water partition coefficient (Wildman–Crippen LogP) is -0.101. The average Bonchev–Trinajstić information content (AvgIpc) is 3.19. The Labute approximate surface area is 185 Å². The van der Waals surface area contributed by atoms with E-state index in [0.717, 1.165) is 47.5 Å². The predicted molar refractivity (Wildman–Crippen MR) is 105 cm³/mol. The number of nitrogens with zero attached hydrogens (tertiary/aromatic N) is 1. The molecule has 0 radical (unpaired) electrons. The van der Waals surface area contributed by atoms with Crippen molar-refractivity contribution in [3.05, 3.63) is 0 Å². The largest absolute Gasteiger partial charge is 0.462 e. The fraction of sp³-hybridized carbons (Fsp3) is 0.700. The SMILES string of the molecule is CC(=O)OCC(OC(C)=O)C(OC(C)=O)C(OC(C)=O)C(OC(C)=O)C(=O)N1CCCC1. The van der Waals surface area contributed by atoms with Crippen LogP contribution in [0.3, 0.4) is 0 Å². The van der Waals surface area contributed by atoms with Crippen LogP contribution in [0.2, 0.25) is 0 Å². The molecule has 32 heavy (non-hydrogen) atoms. The highest BCUT2D eigenvalue weighted by Crippen LogP contribution is 2.23. The summed E-state index contributed by atoms with van der Waals surface area (Å²) in [6.45, 7) is 5.51. The molecular formula is C20H29NO11. The van der Waals surface area contributed by atoms with Gasteiger partial charge in [-0.3, -0.25) is 28.8 Å². The number of rotatable bonds is 10. The number of hydrogen-bond donors (Lipinski definition) is 0. The quantitative estimate of drug-likeness (QED) is 0.318. The third-order valence-electron chi connectivity index (χ3n) is 4.31. The van der Waals surface area contributed by atoms with Crippen LogP contribution in [-0.2, 0) is 52.5 Å². The Bertz CT molecular complexity index is 729. The second kappa shape index (κ2) is 12.6. The van der Waals surface area contributed by atoms with Gasteiger partial charge in [0.05, 0.1) is 0 Å². The molecule has 1 rings (SSSR count). The van der Waals surface area contributed by atoms with Gasteiger partial charge in [-0.25, -0.2) is 0 Å².